The molecular weight excluding hydrogens is 456 g/mol. The van der Waals surface area contributed by atoms with Crippen LogP contribution in [-0.2, 0) is 16.8 Å². The third kappa shape index (κ3) is 7.67. The summed E-state index contributed by atoms with van der Waals surface area (Å²) in [6.07, 6.45) is 3.03. The minimum absolute atomic E-state index is 0.0245. The van der Waals surface area contributed by atoms with Gasteiger partial charge in [0.25, 0.3) is 5.91 Å². The van der Waals surface area contributed by atoms with Crippen molar-refractivity contribution in [1.82, 2.24) is 5.32 Å². The van der Waals surface area contributed by atoms with Crippen molar-refractivity contribution in [1.29, 1.82) is 5.26 Å². The first-order chi connectivity index (χ1) is 17.3. The van der Waals surface area contributed by atoms with Crippen LogP contribution >= 0.6 is 0 Å². The summed E-state index contributed by atoms with van der Waals surface area (Å²) in [5.41, 5.74) is 1.96. The summed E-state index contributed by atoms with van der Waals surface area (Å²) in [6.45, 7) is 9.73. The minimum Gasteiger partial charge on any atom is -0.490 e. The summed E-state index contributed by atoms with van der Waals surface area (Å²) in [5, 5.41) is 12.1. The van der Waals surface area contributed by atoms with E-state index in [1.165, 1.54) is 17.9 Å². The van der Waals surface area contributed by atoms with Gasteiger partial charge in [-0.15, -0.1) is 0 Å². The van der Waals surface area contributed by atoms with Gasteiger partial charge in [0.1, 0.15) is 36.4 Å². The zero-order valence-electron chi connectivity index (χ0n) is 21.2. The van der Waals surface area contributed by atoms with Crippen LogP contribution in [0.15, 0.2) is 70.9 Å². The molecule has 0 saturated carbocycles. The SMILES string of the molecule is CCOc1cc(C=C(C#N)C(=O)NCc2ccco2)ccc1OCCOc1ccc(C(C)(C)C)cc1. The maximum Gasteiger partial charge on any atom is 0.262 e. The fraction of sp³-hybridized carbons (Fsp3) is 0.310. The molecule has 2 aromatic carbocycles. The molecule has 1 aromatic heterocycles. The Balaban J connectivity index is 1.59. The second-order valence-electron chi connectivity index (χ2n) is 9.04. The molecule has 0 aliphatic carbocycles. The predicted molar refractivity (Wildman–Crippen MR) is 138 cm³/mol. The second kappa shape index (κ2) is 12.5. The predicted octanol–water partition coefficient (Wildman–Crippen LogP) is 5.66. The maximum absolute atomic E-state index is 12.4. The van der Waals surface area contributed by atoms with Gasteiger partial charge in [0.2, 0.25) is 0 Å². The number of nitriles is 1. The molecule has 188 valence electrons. The first kappa shape index (κ1) is 26.4. The number of nitrogens with zero attached hydrogens (tertiary/aromatic N) is 1. The number of furan rings is 1. The molecule has 1 heterocycles. The van der Waals surface area contributed by atoms with Crippen molar-refractivity contribution in [2.75, 3.05) is 19.8 Å². The van der Waals surface area contributed by atoms with Crippen LogP contribution in [0.3, 0.4) is 0 Å². The highest BCUT2D eigenvalue weighted by atomic mass is 16.5. The normalized spacial score (nSPS) is 11.5. The zero-order chi connectivity index (χ0) is 26.0. The minimum atomic E-state index is -0.486. The molecule has 0 saturated heterocycles. The summed E-state index contributed by atoms with van der Waals surface area (Å²) < 4.78 is 22.6. The lowest BCUT2D eigenvalue weighted by Crippen LogP contribution is -2.23. The number of hydrogen-bond donors (Lipinski definition) is 1. The standard InChI is InChI=1S/C29H32N2O5/c1-5-33-27-18-21(17-22(19-30)28(32)31-20-25-7-6-14-34-25)8-13-26(27)36-16-15-35-24-11-9-23(10-12-24)29(2,3)4/h6-14,17-18H,5,15-16,20H2,1-4H3,(H,31,32). The Hall–Kier alpha value is -4.18. The number of hydrogen-bond acceptors (Lipinski definition) is 6. The molecule has 3 aromatic rings. The lowest BCUT2D eigenvalue weighted by atomic mass is 9.87. The van der Waals surface area contributed by atoms with Crippen LogP contribution < -0.4 is 19.5 Å². The van der Waals surface area contributed by atoms with Gasteiger partial charge in [-0.3, -0.25) is 4.79 Å². The van der Waals surface area contributed by atoms with Crippen molar-refractivity contribution < 1.29 is 23.4 Å². The van der Waals surface area contributed by atoms with E-state index in [0.29, 0.717) is 42.6 Å². The Kier molecular flexibility index (Phi) is 9.18. The zero-order valence-corrected chi connectivity index (χ0v) is 21.2. The molecule has 0 aliphatic rings. The van der Waals surface area contributed by atoms with E-state index in [4.69, 9.17) is 18.6 Å². The molecule has 0 bridgehead atoms. The van der Waals surface area contributed by atoms with Gasteiger partial charge in [-0.2, -0.15) is 5.26 Å². The highest BCUT2D eigenvalue weighted by Gasteiger charge is 2.14. The van der Waals surface area contributed by atoms with E-state index in [1.807, 2.05) is 25.1 Å². The Morgan fingerprint density at radius 2 is 1.78 bits per heavy atom. The molecule has 1 N–H and O–H groups in total. The molecule has 0 fully saturated rings. The topological polar surface area (TPSA) is 93.7 Å². The van der Waals surface area contributed by atoms with Gasteiger partial charge in [-0.05, 0) is 65.9 Å². The quantitative estimate of drug-likeness (QED) is 0.213. The lowest BCUT2D eigenvalue weighted by molar-refractivity contribution is -0.117. The average molecular weight is 489 g/mol. The fourth-order valence-electron chi connectivity index (χ4n) is 3.36. The fourth-order valence-corrected chi connectivity index (χ4v) is 3.36. The van der Waals surface area contributed by atoms with Gasteiger partial charge in [0.05, 0.1) is 19.4 Å². The van der Waals surface area contributed by atoms with Crippen molar-refractivity contribution in [3.8, 4) is 23.3 Å². The van der Waals surface area contributed by atoms with Crippen LogP contribution in [0, 0.1) is 11.3 Å². The van der Waals surface area contributed by atoms with E-state index in [-0.39, 0.29) is 17.5 Å². The number of carbonyl (C=O) groups excluding carboxylic acids is 1. The van der Waals surface area contributed by atoms with E-state index in [0.717, 1.165) is 5.75 Å². The van der Waals surface area contributed by atoms with Crippen LogP contribution in [0.25, 0.3) is 6.08 Å². The Labute approximate surface area is 212 Å². The summed E-state index contributed by atoms with van der Waals surface area (Å²) >= 11 is 0. The number of nitrogens with one attached hydrogen (secondary N) is 1. The summed E-state index contributed by atoms with van der Waals surface area (Å²) in [6, 6.07) is 18.8. The summed E-state index contributed by atoms with van der Waals surface area (Å²) in [7, 11) is 0. The number of carbonyl (C=O) groups is 1. The van der Waals surface area contributed by atoms with E-state index in [9.17, 15) is 10.1 Å². The molecule has 7 heteroatoms. The Morgan fingerprint density at radius 1 is 1.03 bits per heavy atom. The maximum atomic E-state index is 12.4. The summed E-state index contributed by atoms with van der Waals surface area (Å²) in [5.74, 6) is 1.98. The third-order valence-electron chi connectivity index (χ3n) is 5.28. The largest absolute Gasteiger partial charge is 0.490 e. The number of amides is 1. The molecule has 36 heavy (non-hydrogen) atoms. The van der Waals surface area contributed by atoms with Gasteiger partial charge in [-0.25, -0.2) is 0 Å². The smallest absolute Gasteiger partial charge is 0.262 e. The van der Waals surface area contributed by atoms with Crippen molar-refractivity contribution >= 4 is 12.0 Å². The highest BCUT2D eigenvalue weighted by molar-refractivity contribution is 6.01. The van der Waals surface area contributed by atoms with Gasteiger partial charge in [-0.1, -0.05) is 39.0 Å². The molecule has 3 rings (SSSR count). The monoisotopic (exact) mass is 488 g/mol. The molecule has 0 aliphatic heterocycles. The number of rotatable bonds is 11. The van der Waals surface area contributed by atoms with E-state index >= 15 is 0 Å². The van der Waals surface area contributed by atoms with Crippen LogP contribution in [0.4, 0.5) is 0 Å². The van der Waals surface area contributed by atoms with Gasteiger partial charge < -0.3 is 23.9 Å². The van der Waals surface area contributed by atoms with E-state index < -0.39 is 5.91 Å². The average Bonchev–Trinajstić information content (AvgIpc) is 3.38. The number of ether oxygens (including phenoxy) is 3. The van der Waals surface area contributed by atoms with Crippen LogP contribution in [0.5, 0.6) is 17.2 Å². The molecule has 0 spiro atoms. The second-order valence-corrected chi connectivity index (χ2v) is 9.04. The van der Waals surface area contributed by atoms with Crippen molar-refractivity contribution in [3.63, 3.8) is 0 Å². The van der Waals surface area contributed by atoms with Crippen LogP contribution in [0.1, 0.15) is 44.6 Å². The Bertz CT molecular complexity index is 1200. The van der Waals surface area contributed by atoms with Crippen molar-refractivity contribution in [2.24, 2.45) is 0 Å². The van der Waals surface area contributed by atoms with Crippen molar-refractivity contribution in [3.05, 3.63) is 83.3 Å². The molecule has 0 unspecified atom stereocenters. The molecular formula is C29H32N2O5. The van der Waals surface area contributed by atoms with Gasteiger partial charge in [0, 0.05) is 0 Å². The molecule has 1 amide bonds. The first-order valence-electron chi connectivity index (χ1n) is 11.9. The van der Waals surface area contributed by atoms with Crippen molar-refractivity contribution in [2.45, 2.75) is 39.7 Å². The van der Waals surface area contributed by atoms with E-state index in [2.05, 4.69) is 38.2 Å². The molecule has 7 nitrogen and oxygen atoms in total. The van der Waals surface area contributed by atoms with E-state index in [1.54, 1.807) is 30.3 Å². The third-order valence-corrected chi connectivity index (χ3v) is 5.28. The van der Waals surface area contributed by atoms with Gasteiger partial charge >= 0.3 is 0 Å². The Morgan fingerprint density at radius 3 is 2.42 bits per heavy atom. The summed E-state index contributed by atoms with van der Waals surface area (Å²) in [4.78, 5) is 12.4. The van der Waals surface area contributed by atoms with Crippen LogP contribution in [0.2, 0.25) is 0 Å². The van der Waals surface area contributed by atoms with Gasteiger partial charge in [0.15, 0.2) is 11.5 Å². The number of benzene rings is 2. The van der Waals surface area contributed by atoms with Crippen LogP contribution in [-0.4, -0.2) is 25.7 Å². The molecule has 0 atom stereocenters. The highest BCUT2D eigenvalue weighted by Crippen LogP contribution is 2.30. The molecule has 0 radical (unpaired) electrons. The lowest BCUT2D eigenvalue weighted by Gasteiger charge is -2.19. The first-order valence-corrected chi connectivity index (χ1v) is 11.9.